The van der Waals surface area contributed by atoms with Crippen LogP contribution in [0.15, 0.2) is 16.5 Å². The van der Waals surface area contributed by atoms with Crippen molar-refractivity contribution in [3.05, 3.63) is 23.7 Å². The Balaban J connectivity index is 2.04. The van der Waals surface area contributed by atoms with Crippen LogP contribution in [0.4, 0.5) is 0 Å². The van der Waals surface area contributed by atoms with Gasteiger partial charge in [-0.25, -0.2) is 0 Å². The van der Waals surface area contributed by atoms with E-state index in [9.17, 15) is 0 Å². The second kappa shape index (κ2) is 5.46. The Hall–Kier alpha value is -0.450. The van der Waals surface area contributed by atoms with E-state index in [-0.39, 0.29) is 5.54 Å². The number of furan rings is 1. The van der Waals surface area contributed by atoms with Crippen LogP contribution in [0.5, 0.6) is 0 Å². The summed E-state index contributed by atoms with van der Waals surface area (Å²) in [7, 11) is 2.17. The Bertz CT molecular complexity index is 358. The number of thioether (sulfide) groups is 1. The molecule has 0 amide bonds. The predicted octanol–water partition coefficient (Wildman–Crippen LogP) is 2.24. The van der Waals surface area contributed by atoms with Gasteiger partial charge in [0.1, 0.15) is 11.5 Å². The van der Waals surface area contributed by atoms with Gasteiger partial charge in [0.05, 0.1) is 6.54 Å². The molecule has 1 aromatic rings. The normalized spacial score (nSPS) is 19.8. The summed E-state index contributed by atoms with van der Waals surface area (Å²) in [4.78, 5) is 2.38. The summed E-state index contributed by atoms with van der Waals surface area (Å²) in [5, 5.41) is 0. The maximum Gasteiger partial charge on any atom is 0.118 e. The Kier molecular flexibility index (Phi) is 4.17. The van der Waals surface area contributed by atoms with Gasteiger partial charge in [0.25, 0.3) is 0 Å². The molecule has 4 heteroatoms. The maximum absolute atomic E-state index is 6.02. The Morgan fingerprint density at radius 2 is 2.12 bits per heavy atom. The fourth-order valence-corrected chi connectivity index (χ4v) is 3.72. The standard InChI is InChI=1S/C13H22N2OS/c1-11-3-4-12(16-11)9-15(2)13(10-14)5-7-17-8-6-13/h3-4H,5-10,14H2,1-2H3. The zero-order valence-corrected chi connectivity index (χ0v) is 11.6. The fourth-order valence-electron chi connectivity index (χ4n) is 2.46. The van der Waals surface area contributed by atoms with Crippen LogP contribution >= 0.6 is 11.8 Å². The third-order valence-electron chi connectivity index (χ3n) is 3.80. The highest BCUT2D eigenvalue weighted by atomic mass is 32.2. The van der Waals surface area contributed by atoms with Crippen LogP contribution in [0.1, 0.15) is 24.4 Å². The highest BCUT2D eigenvalue weighted by molar-refractivity contribution is 7.99. The molecule has 0 atom stereocenters. The lowest BCUT2D eigenvalue weighted by molar-refractivity contribution is 0.0991. The first-order valence-electron chi connectivity index (χ1n) is 6.21. The van der Waals surface area contributed by atoms with Crippen LogP contribution in [0.25, 0.3) is 0 Å². The molecule has 2 heterocycles. The Morgan fingerprint density at radius 3 is 2.65 bits per heavy atom. The SMILES string of the molecule is Cc1ccc(CN(C)C2(CN)CCSCC2)o1. The number of likely N-dealkylation sites (N-methyl/N-ethyl adjacent to an activating group) is 1. The van der Waals surface area contributed by atoms with Crippen molar-refractivity contribution in [2.24, 2.45) is 5.73 Å². The van der Waals surface area contributed by atoms with Gasteiger partial charge >= 0.3 is 0 Å². The van der Waals surface area contributed by atoms with Gasteiger partial charge in [0.2, 0.25) is 0 Å². The van der Waals surface area contributed by atoms with E-state index in [4.69, 9.17) is 10.2 Å². The molecule has 1 aliphatic rings. The van der Waals surface area contributed by atoms with Crippen LogP contribution < -0.4 is 5.73 Å². The van der Waals surface area contributed by atoms with Gasteiger partial charge in [0.15, 0.2) is 0 Å². The minimum atomic E-state index is 0.173. The van der Waals surface area contributed by atoms with Gasteiger partial charge in [-0.15, -0.1) is 0 Å². The summed E-state index contributed by atoms with van der Waals surface area (Å²) < 4.78 is 5.65. The Labute approximate surface area is 108 Å². The third-order valence-corrected chi connectivity index (χ3v) is 4.79. The van der Waals surface area contributed by atoms with Gasteiger partial charge in [-0.3, -0.25) is 4.90 Å². The highest BCUT2D eigenvalue weighted by Crippen LogP contribution is 2.32. The van der Waals surface area contributed by atoms with Gasteiger partial charge < -0.3 is 10.2 Å². The van der Waals surface area contributed by atoms with Gasteiger partial charge in [-0.2, -0.15) is 11.8 Å². The van der Waals surface area contributed by atoms with E-state index in [0.29, 0.717) is 0 Å². The first kappa shape index (κ1) is 13.0. The molecule has 1 aromatic heterocycles. The molecule has 1 aliphatic heterocycles. The van der Waals surface area contributed by atoms with E-state index in [1.807, 2.05) is 24.8 Å². The minimum absolute atomic E-state index is 0.173. The molecule has 1 saturated heterocycles. The summed E-state index contributed by atoms with van der Waals surface area (Å²) in [6.45, 7) is 3.58. The molecule has 0 spiro atoms. The summed E-state index contributed by atoms with van der Waals surface area (Å²) >= 11 is 2.03. The van der Waals surface area contributed by atoms with Crippen molar-refractivity contribution in [3.8, 4) is 0 Å². The summed E-state index contributed by atoms with van der Waals surface area (Å²) in [5.74, 6) is 4.46. The molecule has 0 saturated carbocycles. The lowest BCUT2D eigenvalue weighted by Gasteiger charge is -2.43. The van der Waals surface area contributed by atoms with Crippen molar-refractivity contribution in [1.82, 2.24) is 4.90 Å². The summed E-state index contributed by atoms with van der Waals surface area (Å²) in [6, 6.07) is 4.09. The quantitative estimate of drug-likeness (QED) is 0.895. The van der Waals surface area contributed by atoms with Crippen molar-refractivity contribution >= 4 is 11.8 Å². The fraction of sp³-hybridized carbons (Fsp3) is 0.692. The van der Waals surface area contributed by atoms with Crippen LogP contribution in [-0.4, -0.2) is 35.5 Å². The highest BCUT2D eigenvalue weighted by Gasteiger charge is 2.35. The zero-order valence-electron chi connectivity index (χ0n) is 10.7. The second-order valence-corrected chi connectivity index (χ2v) is 6.13. The maximum atomic E-state index is 6.02. The number of nitrogens with two attached hydrogens (primary N) is 1. The van der Waals surface area contributed by atoms with Crippen LogP contribution in [0.2, 0.25) is 0 Å². The van der Waals surface area contributed by atoms with E-state index >= 15 is 0 Å². The minimum Gasteiger partial charge on any atom is -0.465 e. The first-order valence-corrected chi connectivity index (χ1v) is 7.36. The van der Waals surface area contributed by atoms with Crippen molar-refractivity contribution in [2.75, 3.05) is 25.1 Å². The monoisotopic (exact) mass is 254 g/mol. The largest absolute Gasteiger partial charge is 0.465 e. The van der Waals surface area contributed by atoms with E-state index in [1.165, 1.54) is 24.3 Å². The van der Waals surface area contributed by atoms with E-state index in [2.05, 4.69) is 18.0 Å². The van der Waals surface area contributed by atoms with Crippen molar-refractivity contribution in [3.63, 3.8) is 0 Å². The van der Waals surface area contributed by atoms with E-state index < -0.39 is 0 Å². The molecule has 17 heavy (non-hydrogen) atoms. The van der Waals surface area contributed by atoms with Crippen molar-refractivity contribution < 1.29 is 4.42 Å². The van der Waals surface area contributed by atoms with Crippen molar-refractivity contribution in [1.29, 1.82) is 0 Å². The average molecular weight is 254 g/mol. The molecule has 0 aliphatic carbocycles. The molecule has 1 fully saturated rings. The van der Waals surface area contributed by atoms with E-state index in [1.54, 1.807) is 0 Å². The molecule has 0 unspecified atom stereocenters. The molecule has 0 aromatic carbocycles. The molecule has 2 rings (SSSR count). The van der Waals surface area contributed by atoms with Crippen LogP contribution in [0, 0.1) is 6.92 Å². The van der Waals surface area contributed by atoms with Crippen LogP contribution in [0.3, 0.4) is 0 Å². The molecule has 0 bridgehead atoms. The molecule has 96 valence electrons. The topological polar surface area (TPSA) is 42.4 Å². The first-order chi connectivity index (χ1) is 8.16. The van der Waals surface area contributed by atoms with Crippen molar-refractivity contribution in [2.45, 2.75) is 31.8 Å². The molecule has 0 radical (unpaired) electrons. The third kappa shape index (κ3) is 2.87. The van der Waals surface area contributed by atoms with E-state index in [0.717, 1.165) is 24.6 Å². The lowest BCUT2D eigenvalue weighted by atomic mass is 9.90. The summed E-state index contributed by atoms with van der Waals surface area (Å²) in [5.41, 5.74) is 6.19. The number of nitrogens with zero attached hydrogens (tertiary/aromatic N) is 1. The number of hydrogen-bond donors (Lipinski definition) is 1. The van der Waals surface area contributed by atoms with Crippen LogP contribution in [-0.2, 0) is 6.54 Å². The predicted molar refractivity (Wildman–Crippen MR) is 73.3 cm³/mol. The number of rotatable bonds is 4. The second-order valence-electron chi connectivity index (χ2n) is 4.91. The zero-order chi connectivity index (χ0) is 12.3. The molecule has 3 nitrogen and oxygen atoms in total. The average Bonchev–Trinajstić information content (AvgIpc) is 2.75. The molecular weight excluding hydrogens is 232 g/mol. The number of aryl methyl sites for hydroxylation is 1. The molecule has 2 N–H and O–H groups in total. The molecular formula is C13H22N2OS. The smallest absolute Gasteiger partial charge is 0.118 e. The lowest BCUT2D eigenvalue weighted by Crippen LogP contribution is -2.53. The number of hydrogen-bond acceptors (Lipinski definition) is 4. The van der Waals surface area contributed by atoms with Gasteiger partial charge in [-0.1, -0.05) is 0 Å². The summed E-state index contributed by atoms with van der Waals surface area (Å²) in [6.07, 6.45) is 2.37. The Morgan fingerprint density at radius 1 is 1.41 bits per heavy atom. The van der Waals surface area contributed by atoms with Gasteiger partial charge in [-0.05, 0) is 50.5 Å². The van der Waals surface area contributed by atoms with Gasteiger partial charge in [0, 0.05) is 12.1 Å².